The van der Waals surface area contributed by atoms with Crippen molar-refractivity contribution in [2.24, 2.45) is 0 Å². The van der Waals surface area contributed by atoms with Crippen molar-refractivity contribution in [3.05, 3.63) is 27.7 Å². The Labute approximate surface area is 131 Å². The molecule has 1 heterocycles. The number of phenolic OH excluding ortho intramolecular Hbond substituents is 1. The van der Waals surface area contributed by atoms with Crippen molar-refractivity contribution in [1.29, 1.82) is 0 Å². The molecule has 0 saturated carbocycles. The fourth-order valence-corrected chi connectivity index (χ4v) is 3.14. The first kappa shape index (κ1) is 15.9. The van der Waals surface area contributed by atoms with Crippen LogP contribution in [0.1, 0.15) is 25.8 Å². The Morgan fingerprint density at radius 2 is 1.85 bits per heavy atom. The van der Waals surface area contributed by atoms with Gasteiger partial charge in [0, 0.05) is 49.4 Å². The van der Waals surface area contributed by atoms with Crippen LogP contribution < -0.4 is 0 Å². The second-order valence-electron chi connectivity index (χ2n) is 5.46. The van der Waals surface area contributed by atoms with Crippen LogP contribution in [0.5, 0.6) is 5.75 Å². The van der Waals surface area contributed by atoms with Crippen molar-refractivity contribution < 1.29 is 5.11 Å². The minimum Gasteiger partial charge on any atom is -0.506 e. The van der Waals surface area contributed by atoms with Crippen LogP contribution in [0, 0.1) is 0 Å². The van der Waals surface area contributed by atoms with Crippen molar-refractivity contribution in [3.63, 3.8) is 0 Å². The standard InChI is InChI=1S/C15H22Cl2N2O/c1-3-11(2)19-6-4-18(5-7-19)10-12-8-13(16)9-14(17)15(12)20/h8-9,11,20H,3-7,10H2,1-2H3. The molecule has 1 atom stereocenters. The average molecular weight is 317 g/mol. The Kier molecular flexibility index (Phi) is 5.56. The summed E-state index contributed by atoms with van der Waals surface area (Å²) in [6.07, 6.45) is 1.19. The van der Waals surface area contributed by atoms with Gasteiger partial charge < -0.3 is 5.11 Å². The van der Waals surface area contributed by atoms with Gasteiger partial charge in [0.25, 0.3) is 0 Å². The molecule has 0 aromatic heterocycles. The van der Waals surface area contributed by atoms with E-state index in [2.05, 4.69) is 23.6 Å². The molecule has 0 spiro atoms. The summed E-state index contributed by atoms with van der Waals surface area (Å²) in [5, 5.41) is 10.9. The van der Waals surface area contributed by atoms with Gasteiger partial charge in [-0.25, -0.2) is 0 Å². The van der Waals surface area contributed by atoms with E-state index < -0.39 is 0 Å². The summed E-state index contributed by atoms with van der Waals surface area (Å²) in [7, 11) is 0. The summed E-state index contributed by atoms with van der Waals surface area (Å²) in [5.74, 6) is 0.153. The fourth-order valence-electron chi connectivity index (χ4n) is 2.60. The Balaban J connectivity index is 1.96. The van der Waals surface area contributed by atoms with E-state index in [1.165, 1.54) is 6.42 Å². The third-order valence-electron chi connectivity index (χ3n) is 4.12. The van der Waals surface area contributed by atoms with E-state index in [0.29, 0.717) is 22.6 Å². The first-order valence-corrected chi connectivity index (χ1v) is 7.90. The average Bonchev–Trinajstić information content (AvgIpc) is 2.44. The van der Waals surface area contributed by atoms with Gasteiger partial charge in [0.1, 0.15) is 5.75 Å². The van der Waals surface area contributed by atoms with Gasteiger partial charge in [-0.05, 0) is 25.5 Å². The number of halogens is 2. The minimum absolute atomic E-state index is 0.153. The number of nitrogens with zero attached hydrogens (tertiary/aromatic N) is 2. The maximum atomic E-state index is 10.0. The highest BCUT2D eigenvalue weighted by Gasteiger charge is 2.21. The van der Waals surface area contributed by atoms with Crippen molar-refractivity contribution in [2.45, 2.75) is 32.9 Å². The largest absolute Gasteiger partial charge is 0.506 e. The lowest BCUT2D eigenvalue weighted by Gasteiger charge is -2.37. The molecule has 1 saturated heterocycles. The van der Waals surface area contributed by atoms with Crippen molar-refractivity contribution in [2.75, 3.05) is 26.2 Å². The van der Waals surface area contributed by atoms with Gasteiger partial charge in [-0.1, -0.05) is 30.1 Å². The molecular formula is C15H22Cl2N2O. The Hall–Kier alpha value is -0.480. The second kappa shape index (κ2) is 6.99. The molecule has 0 aliphatic carbocycles. The van der Waals surface area contributed by atoms with Crippen LogP contribution in [-0.4, -0.2) is 47.1 Å². The highest BCUT2D eigenvalue weighted by molar-refractivity contribution is 6.35. The van der Waals surface area contributed by atoms with Gasteiger partial charge in [0.15, 0.2) is 0 Å². The van der Waals surface area contributed by atoms with Crippen molar-refractivity contribution >= 4 is 23.2 Å². The molecule has 1 N–H and O–H groups in total. The Morgan fingerprint density at radius 3 is 2.45 bits per heavy atom. The lowest BCUT2D eigenvalue weighted by molar-refractivity contribution is 0.0959. The molecule has 0 radical (unpaired) electrons. The highest BCUT2D eigenvalue weighted by Crippen LogP contribution is 2.32. The predicted octanol–water partition coefficient (Wildman–Crippen LogP) is 3.62. The molecule has 1 aromatic rings. The zero-order valence-corrected chi connectivity index (χ0v) is 13.6. The van der Waals surface area contributed by atoms with E-state index in [-0.39, 0.29) is 5.75 Å². The summed E-state index contributed by atoms with van der Waals surface area (Å²) >= 11 is 12.0. The molecular weight excluding hydrogens is 295 g/mol. The van der Waals surface area contributed by atoms with E-state index in [0.717, 1.165) is 31.7 Å². The third-order valence-corrected chi connectivity index (χ3v) is 4.63. The van der Waals surface area contributed by atoms with E-state index in [1.807, 2.05) is 0 Å². The van der Waals surface area contributed by atoms with Crippen LogP contribution in [0.3, 0.4) is 0 Å². The van der Waals surface area contributed by atoms with Gasteiger partial charge >= 0.3 is 0 Å². The molecule has 1 aromatic carbocycles. The molecule has 112 valence electrons. The van der Waals surface area contributed by atoms with Gasteiger partial charge in [0.05, 0.1) is 5.02 Å². The monoisotopic (exact) mass is 316 g/mol. The SMILES string of the molecule is CCC(C)N1CCN(Cc2cc(Cl)cc(Cl)c2O)CC1. The smallest absolute Gasteiger partial charge is 0.138 e. The molecule has 0 amide bonds. The molecule has 1 unspecified atom stereocenters. The van der Waals surface area contributed by atoms with E-state index in [9.17, 15) is 5.11 Å². The van der Waals surface area contributed by atoms with E-state index in [1.54, 1.807) is 12.1 Å². The number of phenols is 1. The van der Waals surface area contributed by atoms with Crippen LogP contribution in [0.15, 0.2) is 12.1 Å². The predicted molar refractivity (Wildman–Crippen MR) is 84.7 cm³/mol. The van der Waals surface area contributed by atoms with Gasteiger partial charge in [-0.15, -0.1) is 0 Å². The fraction of sp³-hybridized carbons (Fsp3) is 0.600. The molecule has 3 nitrogen and oxygen atoms in total. The first-order chi connectivity index (χ1) is 9.51. The van der Waals surface area contributed by atoms with Crippen LogP contribution in [0.25, 0.3) is 0 Å². The number of benzene rings is 1. The van der Waals surface area contributed by atoms with Crippen LogP contribution >= 0.6 is 23.2 Å². The van der Waals surface area contributed by atoms with Gasteiger partial charge in [-0.3, -0.25) is 9.80 Å². The van der Waals surface area contributed by atoms with Crippen molar-refractivity contribution in [3.8, 4) is 5.75 Å². The quantitative estimate of drug-likeness (QED) is 0.919. The summed E-state index contributed by atoms with van der Waals surface area (Å²) in [6.45, 7) is 9.36. The summed E-state index contributed by atoms with van der Waals surface area (Å²) < 4.78 is 0. The van der Waals surface area contributed by atoms with Crippen LogP contribution in [0.2, 0.25) is 10.0 Å². The molecule has 0 bridgehead atoms. The van der Waals surface area contributed by atoms with Gasteiger partial charge in [-0.2, -0.15) is 0 Å². The topological polar surface area (TPSA) is 26.7 Å². The number of rotatable bonds is 4. The second-order valence-corrected chi connectivity index (χ2v) is 6.31. The van der Waals surface area contributed by atoms with Crippen LogP contribution in [-0.2, 0) is 6.54 Å². The molecule has 2 rings (SSSR count). The van der Waals surface area contributed by atoms with Crippen molar-refractivity contribution in [1.82, 2.24) is 9.80 Å². The molecule has 1 aliphatic rings. The Morgan fingerprint density at radius 1 is 1.20 bits per heavy atom. The molecule has 1 aliphatic heterocycles. The zero-order chi connectivity index (χ0) is 14.7. The maximum absolute atomic E-state index is 10.0. The van der Waals surface area contributed by atoms with Gasteiger partial charge in [0.2, 0.25) is 0 Å². The summed E-state index contributed by atoms with van der Waals surface area (Å²) in [5.41, 5.74) is 0.805. The maximum Gasteiger partial charge on any atom is 0.138 e. The summed E-state index contributed by atoms with van der Waals surface area (Å²) in [6, 6.07) is 4.01. The van der Waals surface area contributed by atoms with E-state index >= 15 is 0 Å². The summed E-state index contributed by atoms with van der Waals surface area (Å²) in [4.78, 5) is 4.85. The molecule has 20 heavy (non-hydrogen) atoms. The number of hydrogen-bond acceptors (Lipinski definition) is 3. The normalized spacial score (nSPS) is 19.2. The van der Waals surface area contributed by atoms with E-state index in [4.69, 9.17) is 23.2 Å². The lowest BCUT2D eigenvalue weighted by Crippen LogP contribution is -2.48. The highest BCUT2D eigenvalue weighted by atomic mass is 35.5. The number of hydrogen-bond donors (Lipinski definition) is 1. The minimum atomic E-state index is 0.153. The molecule has 1 fully saturated rings. The zero-order valence-electron chi connectivity index (χ0n) is 12.1. The molecule has 5 heteroatoms. The lowest BCUT2D eigenvalue weighted by atomic mass is 10.1. The number of aromatic hydroxyl groups is 1. The first-order valence-electron chi connectivity index (χ1n) is 7.14. The Bertz CT molecular complexity index is 459. The third kappa shape index (κ3) is 3.79. The number of piperazine rings is 1. The van der Waals surface area contributed by atoms with Crippen LogP contribution in [0.4, 0.5) is 0 Å².